The number of carbonyl (C=O) groups excluding carboxylic acids is 2. The maximum atomic E-state index is 12.5. The molecule has 0 aliphatic rings. The van der Waals surface area contributed by atoms with Crippen LogP contribution < -0.4 is 15.6 Å². The van der Waals surface area contributed by atoms with Gasteiger partial charge in [0.05, 0.1) is 17.2 Å². The molecule has 6 nitrogen and oxygen atoms in total. The van der Waals surface area contributed by atoms with E-state index in [-0.39, 0.29) is 5.56 Å². The highest BCUT2D eigenvalue weighted by atomic mass is 19.4. The number of amides is 2. The monoisotopic (exact) mass is 377 g/mol. The van der Waals surface area contributed by atoms with E-state index in [0.717, 1.165) is 24.3 Å². The Balaban J connectivity index is 1.88. The molecule has 0 radical (unpaired) electrons. The van der Waals surface area contributed by atoms with Gasteiger partial charge in [0.25, 0.3) is 11.8 Å². The molecular weight excluding hydrogens is 363 g/mol. The van der Waals surface area contributed by atoms with Crippen molar-refractivity contribution in [1.82, 2.24) is 10.9 Å². The van der Waals surface area contributed by atoms with E-state index in [2.05, 4.69) is 10.9 Å². The maximum Gasteiger partial charge on any atom is 0.416 e. The summed E-state index contributed by atoms with van der Waals surface area (Å²) in [6, 6.07) is 11.6. The van der Waals surface area contributed by atoms with E-state index in [4.69, 9.17) is 10.00 Å². The SMILES string of the molecule is C[C@@H](Oc1ccc(C#N)cc1)C(=O)NNC(=O)c1ccc(C(F)(F)F)cc1. The second-order valence-corrected chi connectivity index (χ2v) is 5.41. The summed E-state index contributed by atoms with van der Waals surface area (Å²) >= 11 is 0. The predicted octanol–water partition coefficient (Wildman–Crippen LogP) is 2.81. The fourth-order valence-corrected chi connectivity index (χ4v) is 1.97. The maximum absolute atomic E-state index is 12.5. The van der Waals surface area contributed by atoms with E-state index < -0.39 is 29.7 Å². The van der Waals surface area contributed by atoms with Crippen molar-refractivity contribution in [3.63, 3.8) is 0 Å². The van der Waals surface area contributed by atoms with Gasteiger partial charge in [-0.1, -0.05) is 0 Å². The average Bonchev–Trinajstić information content (AvgIpc) is 2.65. The minimum Gasteiger partial charge on any atom is -0.481 e. The Morgan fingerprint density at radius 3 is 2.15 bits per heavy atom. The second kappa shape index (κ2) is 8.23. The molecule has 0 saturated carbocycles. The summed E-state index contributed by atoms with van der Waals surface area (Å²) in [5, 5.41) is 8.72. The number of nitrogens with zero attached hydrogens (tertiary/aromatic N) is 1. The lowest BCUT2D eigenvalue weighted by atomic mass is 10.1. The van der Waals surface area contributed by atoms with E-state index in [1.54, 1.807) is 0 Å². The molecular formula is C18H14F3N3O3. The topological polar surface area (TPSA) is 91.2 Å². The number of nitriles is 1. The number of rotatable bonds is 4. The molecule has 140 valence electrons. The lowest BCUT2D eigenvalue weighted by Gasteiger charge is -2.15. The molecule has 2 amide bonds. The highest BCUT2D eigenvalue weighted by Gasteiger charge is 2.30. The standard InChI is InChI=1S/C18H14F3N3O3/c1-11(27-15-8-2-12(10-22)3-9-15)16(25)23-24-17(26)13-4-6-14(7-5-13)18(19,20)21/h2-9,11H,1H3,(H,23,25)(H,24,26)/t11-/m1/s1. The van der Waals surface area contributed by atoms with Crippen LogP contribution >= 0.6 is 0 Å². The minimum atomic E-state index is -4.50. The zero-order valence-corrected chi connectivity index (χ0v) is 14.0. The van der Waals surface area contributed by atoms with Crippen molar-refractivity contribution in [2.24, 2.45) is 0 Å². The van der Waals surface area contributed by atoms with Crippen molar-refractivity contribution >= 4 is 11.8 Å². The van der Waals surface area contributed by atoms with E-state index >= 15 is 0 Å². The van der Waals surface area contributed by atoms with Crippen LogP contribution in [0.3, 0.4) is 0 Å². The Morgan fingerprint density at radius 2 is 1.63 bits per heavy atom. The van der Waals surface area contributed by atoms with Gasteiger partial charge in [0.15, 0.2) is 6.10 Å². The van der Waals surface area contributed by atoms with Gasteiger partial charge in [-0.3, -0.25) is 20.4 Å². The van der Waals surface area contributed by atoms with Crippen LogP contribution in [0.5, 0.6) is 5.75 Å². The van der Waals surface area contributed by atoms with Crippen LogP contribution in [0.2, 0.25) is 0 Å². The molecule has 0 saturated heterocycles. The molecule has 0 aliphatic carbocycles. The van der Waals surface area contributed by atoms with Gasteiger partial charge >= 0.3 is 6.18 Å². The van der Waals surface area contributed by atoms with Crippen LogP contribution in [0.15, 0.2) is 48.5 Å². The van der Waals surface area contributed by atoms with Gasteiger partial charge in [0, 0.05) is 5.56 Å². The third kappa shape index (κ3) is 5.47. The van der Waals surface area contributed by atoms with Gasteiger partial charge in [-0.25, -0.2) is 0 Å². The van der Waals surface area contributed by atoms with Gasteiger partial charge in [-0.15, -0.1) is 0 Å². The van der Waals surface area contributed by atoms with Crippen LogP contribution in [-0.2, 0) is 11.0 Å². The molecule has 2 aromatic carbocycles. The van der Waals surface area contributed by atoms with Crippen molar-refractivity contribution in [2.45, 2.75) is 19.2 Å². The zero-order valence-electron chi connectivity index (χ0n) is 14.0. The molecule has 2 rings (SSSR count). The lowest BCUT2D eigenvalue weighted by molar-refractivity contribution is -0.137. The highest BCUT2D eigenvalue weighted by Crippen LogP contribution is 2.29. The summed E-state index contributed by atoms with van der Waals surface area (Å²) in [4.78, 5) is 23.8. The number of hydrogen-bond donors (Lipinski definition) is 2. The number of hydrogen-bond acceptors (Lipinski definition) is 4. The molecule has 0 spiro atoms. The number of halogens is 3. The Morgan fingerprint density at radius 1 is 1.04 bits per heavy atom. The van der Waals surface area contributed by atoms with Gasteiger partial charge in [0.2, 0.25) is 0 Å². The third-order valence-electron chi connectivity index (χ3n) is 3.44. The highest BCUT2D eigenvalue weighted by molar-refractivity contribution is 5.95. The van der Waals surface area contributed by atoms with E-state index in [1.807, 2.05) is 6.07 Å². The molecule has 9 heteroatoms. The number of carbonyl (C=O) groups is 2. The molecule has 2 N–H and O–H groups in total. The Bertz CT molecular complexity index is 857. The molecule has 0 aliphatic heterocycles. The van der Waals surface area contributed by atoms with Crippen LogP contribution in [0.25, 0.3) is 0 Å². The summed E-state index contributed by atoms with van der Waals surface area (Å²) in [5.41, 5.74) is 3.73. The first-order valence-corrected chi connectivity index (χ1v) is 7.65. The minimum absolute atomic E-state index is 0.0519. The average molecular weight is 377 g/mol. The molecule has 0 aromatic heterocycles. The summed E-state index contributed by atoms with van der Waals surface area (Å²) < 4.78 is 42.9. The van der Waals surface area contributed by atoms with Crippen molar-refractivity contribution < 1.29 is 27.5 Å². The van der Waals surface area contributed by atoms with Crippen molar-refractivity contribution in [3.05, 3.63) is 65.2 Å². The molecule has 2 aromatic rings. The molecule has 0 bridgehead atoms. The van der Waals surface area contributed by atoms with Crippen molar-refractivity contribution in [3.8, 4) is 11.8 Å². The quantitative estimate of drug-likeness (QED) is 0.802. The zero-order chi connectivity index (χ0) is 20.0. The first-order valence-electron chi connectivity index (χ1n) is 7.65. The summed E-state index contributed by atoms with van der Waals surface area (Å²) in [6.07, 6.45) is -5.47. The van der Waals surface area contributed by atoms with Gasteiger partial charge < -0.3 is 4.74 Å². The molecule has 0 fully saturated rings. The number of benzene rings is 2. The Labute approximate surface area is 152 Å². The number of alkyl halides is 3. The van der Waals surface area contributed by atoms with Gasteiger partial charge in [0.1, 0.15) is 5.75 Å². The summed E-state index contributed by atoms with van der Waals surface area (Å²) in [5.74, 6) is -1.09. The van der Waals surface area contributed by atoms with Crippen LogP contribution in [0.1, 0.15) is 28.4 Å². The molecule has 0 unspecified atom stereocenters. The van der Waals surface area contributed by atoms with Crippen LogP contribution in [0, 0.1) is 11.3 Å². The molecule has 0 heterocycles. The molecule has 1 atom stereocenters. The summed E-state index contributed by atoms with van der Waals surface area (Å²) in [6.45, 7) is 1.44. The smallest absolute Gasteiger partial charge is 0.416 e. The molecule has 27 heavy (non-hydrogen) atoms. The fraction of sp³-hybridized carbons (Fsp3) is 0.167. The first kappa shape index (κ1) is 19.8. The van der Waals surface area contributed by atoms with Crippen molar-refractivity contribution in [1.29, 1.82) is 5.26 Å². The largest absolute Gasteiger partial charge is 0.481 e. The number of hydrazine groups is 1. The lowest BCUT2D eigenvalue weighted by Crippen LogP contribution is -2.47. The normalized spacial score (nSPS) is 11.8. The van der Waals surface area contributed by atoms with E-state index in [9.17, 15) is 22.8 Å². The number of nitrogens with one attached hydrogen (secondary N) is 2. The van der Waals surface area contributed by atoms with E-state index in [0.29, 0.717) is 11.3 Å². The first-order chi connectivity index (χ1) is 12.7. The van der Waals surface area contributed by atoms with E-state index in [1.165, 1.54) is 31.2 Å². The second-order valence-electron chi connectivity index (χ2n) is 5.41. The van der Waals surface area contributed by atoms with Crippen molar-refractivity contribution in [2.75, 3.05) is 0 Å². The predicted molar refractivity (Wildman–Crippen MR) is 88.3 cm³/mol. The number of ether oxygens (including phenoxy) is 1. The Kier molecular flexibility index (Phi) is 6.03. The third-order valence-corrected chi connectivity index (χ3v) is 3.44. The van der Waals surface area contributed by atoms with Crippen LogP contribution in [0.4, 0.5) is 13.2 Å². The van der Waals surface area contributed by atoms with Crippen LogP contribution in [-0.4, -0.2) is 17.9 Å². The van der Waals surface area contributed by atoms with Gasteiger partial charge in [-0.05, 0) is 55.5 Å². The Hall–Kier alpha value is -3.54. The summed E-state index contributed by atoms with van der Waals surface area (Å²) in [7, 11) is 0. The van der Waals surface area contributed by atoms with Gasteiger partial charge in [-0.2, -0.15) is 18.4 Å². The fourth-order valence-electron chi connectivity index (χ4n) is 1.97.